The van der Waals surface area contributed by atoms with Crippen molar-refractivity contribution in [2.24, 2.45) is 0 Å². The van der Waals surface area contributed by atoms with Crippen LogP contribution in [0.4, 0.5) is 0 Å². The summed E-state index contributed by atoms with van der Waals surface area (Å²) in [5.41, 5.74) is 2.33. The van der Waals surface area contributed by atoms with Gasteiger partial charge in [-0.1, -0.05) is 6.07 Å². The van der Waals surface area contributed by atoms with E-state index in [1.165, 1.54) is 6.26 Å². The number of carboxylic acids is 1. The minimum Gasteiger partial charge on any atom is -0.487 e. The molecule has 1 aromatic heterocycles. The van der Waals surface area contributed by atoms with Gasteiger partial charge in [0.2, 0.25) is 5.76 Å². The molecule has 0 aliphatic carbocycles. The van der Waals surface area contributed by atoms with Crippen LogP contribution in [0, 0.1) is 0 Å². The van der Waals surface area contributed by atoms with Crippen molar-refractivity contribution in [2.75, 3.05) is 0 Å². The predicted octanol–water partition coefficient (Wildman–Crippen LogP) is 3.36. The Bertz CT molecular complexity index is 652. The van der Waals surface area contributed by atoms with Gasteiger partial charge in [0.15, 0.2) is 0 Å². The van der Waals surface area contributed by atoms with Gasteiger partial charge in [-0.15, -0.1) is 0 Å². The molecule has 1 aliphatic rings. The Morgan fingerprint density at radius 3 is 2.84 bits per heavy atom. The molecule has 4 nitrogen and oxygen atoms in total. The molecular formula is C15H14O4. The van der Waals surface area contributed by atoms with E-state index in [4.69, 9.17) is 14.3 Å². The van der Waals surface area contributed by atoms with Gasteiger partial charge in [-0.3, -0.25) is 0 Å². The minimum absolute atomic E-state index is 0.0295. The van der Waals surface area contributed by atoms with Crippen molar-refractivity contribution in [2.45, 2.75) is 25.9 Å². The molecule has 3 rings (SSSR count). The topological polar surface area (TPSA) is 59.7 Å². The molecule has 1 aromatic carbocycles. The minimum atomic E-state index is -1.06. The Labute approximate surface area is 110 Å². The Morgan fingerprint density at radius 1 is 1.32 bits per heavy atom. The van der Waals surface area contributed by atoms with Gasteiger partial charge in [-0.25, -0.2) is 4.79 Å². The second kappa shape index (κ2) is 3.88. The lowest BCUT2D eigenvalue weighted by Gasteiger charge is -2.16. The number of furan rings is 1. The summed E-state index contributed by atoms with van der Waals surface area (Å²) in [7, 11) is 0. The number of hydrogen-bond donors (Lipinski definition) is 1. The summed E-state index contributed by atoms with van der Waals surface area (Å²) in [6, 6.07) is 7.39. The third kappa shape index (κ3) is 1.99. The third-order valence-electron chi connectivity index (χ3n) is 3.23. The van der Waals surface area contributed by atoms with Gasteiger partial charge in [-0.2, -0.15) is 0 Å². The highest BCUT2D eigenvalue weighted by Crippen LogP contribution is 2.38. The molecule has 2 heterocycles. The maximum Gasteiger partial charge on any atom is 0.372 e. The van der Waals surface area contributed by atoms with Crippen LogP contribution in [0.3, 0.4) is 0 Å². The fraction of sp³-hybridized carbons (Fsp3) is 0.267. The lowest BCUT2D eigenvalue weighted by Crippen LogP contribution is -2.24. The maximum absolute atomic E-state index is 11.1. The lowest BCUT2D eigenvalue weighted by molar-refractivity contribution is 0.0663. The molecule has 4 heteroatoms. The molecule has 0 radical (unpaired) electrons. The quantitative estimate of drug-likeness (QED) is 0.897. The standard InChI is InChI=1S/C15H14O4/c1-15(2)8-10-7-9(3-4-12(10)19-15)11-5-6-18-13(11)14(16)17/h3-7H,8H2,1-2H3,(H,16,17). The molecule has 0 unspecified atom stereocenters. The van der Waals surface area contributed by atoms with Crippen molar-refractivity contribution in [1.82, 2.24) is 0 Å². The van der Waals surface area contributed by atoms with Crippen LogP contribution in [0.1, 0.15) is 30.0 Å². The number of fused-ring (bicyclic) bond motifs is 1. The lowest BCUT2D eigenvalue weighted by atomic mass is 9.98. The summed E-state index contributed by atoms with van der Waals surface area (Å²) in [5.74, 6) is -0.218. The van der Waals surface area contributed by atoms with Gasteiger partial charge in [0.05, 0.1) is 6.26 Å². The van der Waals surface area contributed by atoms with E-state index in [2.05, 4.69) is 0 Å². The zero-order valence-corrected chi connectivity index (χ0v) is 10.8. The number of rotatable bonds is 2. The highest BCUT2D eigenvalue weighted by Gasteiger charge is 2.30. The summed E-state index contributed by atoms with van der Waals surface area (Å²) in [6.07, 6.45) is 2.21. The molecule has 0 amide bonds. The van der Waals surface area contributed by atoms with Crippen LogP contribution in [0.5, 0.6) is 5.75 Å². The summed E-state index contributed by atoms with van der Waals surface area (Å²) < 4.78 is 10.8. The van der Waals surface area contributed by atoms with E-state index in [0.717, 1.165) is 23.3 Å². The molecule has 1 aliphatic heterocycles. The molecule has 19 heavy (non-hydrogen) atoms. The van der Waals surface area contributed by atoms with Gasteiger partial charge in [0, 0.05) is 12.0 Å². The number of ether oxygens (including phenoxy) is 1. The van der Waals surface area contributed by atoms with Gasteiger partial charge in [0.25, 0.3) is 0 Å². The number of carboxylic acid groups (broad SMARTS) is 1. The van der Waals surface area contributed by atoms with Crippen LogP contribution >= 0.6 is 0 Å². The highest BCUT2D eigenvalue weighted by atomic mass is 16.5. The third-order valence-corrected chi connectivity index (χ3v) is 3.23. The normalized spacial score (nSPS) is 15.9. The summed E-state index contributed by atoms with van der Waals surface area (Å²) >= 11 is 0. The Hall–Kier alpha value is -2.23. The van der Waals surface area contributed by atoms with Gasteiger partial charge in [-0.05, 0) is 43.2 Å². The fourth-order valence-corrected chi connectivity index (χ4v) is 2.48. The zero-order valence-electron chi connectivity index (χ0n) is 10.8. The van der Waals surface area contributed by atoms with Crippen molar-refractivity contribution in [3.05, 3.63) is 41.9 Å². The average molecular weight is 258 g/mol. The van der Waals surface area contributed by atoms with Crippen molar-refractivity contribution in [3.63, 3.8) is 0 Å². The number of benzene rings is 1. The molecule has 98 valence electrons. The molecule has 0 atom stereocenters. The van der Waals surface area contributed by atoms with E-state index in [9.17, 15) is 4.79 Å². The first-order chi connectivity index (χ1) is 8.96. The zero-order chi connectivity index (χ0) is 13.6. The summed E-state index contributed by atoms with van der Waals surface area (Å²) in [4.78, 5) is 11.1. The van der Waals surface area contributed by atoms with E-state index >= 15 is 0 Å². The van der Waals surface area contributed by atoms with Gasteiger partial charge < -0.3 is 14.3 Å². The van der Waals surface area contributed by atoms with Crippen LogP contribution < -0.4 is 4.74 Å². The Balaban J connectivity index is 2.05. The van der Waals surface area contributed by atoms with E-state index in [1.807, 2.05) is 32.0 Å². The molecule has 0 fully saturated rings. The van der Waals surface area contributed by atoms with Crippen molar-refractivity contribution in [3.8, 4) is 16.9 Å². The summed E-state index contributed by atoms with van der Waals surface area (Å²) in [6.45, 7) is 4.07. The van der Waals surface area contributed by atoms with Crippen LogP contribution in [0.2, 0.25) is 0 Å². The highest BCUT2D eigenvalue weighted by molar-refractivity contribution is 5.93. The van der Waals surface area contributed by atoms with E-state index in [0.29, 0.717) is 5.56 Å². The van der Waals surface area contributed by atoms with E-state index in [-0.39, 0.29) is 11.4 Å². The first-order valence-corrected chi connectivity index (χ1v) is 6.09. The predicted molar refractivity (Wildman–Crippen MR) is 69.5 cm³/mol. The first kappa shape index (κ1) is 11.8. The second-order valence-electron chi connectivity index (χ2n) is 5.33. The summed E-state index contributed by atoms with van der Waals surface area (Å²) in [5, 5.41) is 9.07. The molecule has 0 saturated carbocycles. The molecule has 1 N–H and O–H groups in total. The van der Waals surface area contributed by atoms with Gasteiger partial charge >= 0.3 is 5.97 Å². The van der Waals surface area contributed by atoms with Crippen LogP contribution in [-0.4, -0.2) is 16.7 Å². The van der Waals surface area contributed by atoms with Crippen LogP contribution in [-0.2, 0) is 6.42 Å². The van der Waals surface area contributed by atoms with E-state index < -0.39 is 5.97 Å². The monoisotopic (exact) mass is 258 g/mol. The fourth-order valence-electron chi connectivity index (χ4n) is 2.48. The Morgan fingerprint density at radius 2 is 2.11 bits per heavy atom. The first-order valence-electron chi connectivity index (χ1n) is 6.09. The molecular weight excluding hydrogens is 244 g/mol. The van der Waals surface area contributed by atoms with Crippen molar-refractivity contribution in [1.29, 1.82) is 0 Å². The molecule has 0 saturated heterocycles. The molecule has 2 aromatic rings. The van der Waals surface area contributed by atoms with Crippen LogP contribution in [0.25, 0.3) is 11.1 Å². The van der Waals surface area contributed by atoms with E-state index in [1.54, 1.807) is 6.07 Å². The SMILES string of the molecule is CC1(C)Cc2cc(-c3ccoc3C(=O)O)ccc2O1. The number of carbonyl (C=O) groups is 1. The Kier molecular flexibility index (Phi) is 2.42. The molecule has 0 spiro atoms. The largest absolute Gasteiger partial charge is 0.487 e. The average Bonchev–Trinajstić information content (AvgIpc) is 2.89. The van der Waals surface area contributed by atoms with Crippen LogP contribution in [0.15, 0.2) is 34.9 Å². The van der Waals surface area contributed by atoms with Crippen molar-refractivity contribution < 1.29 is 19.1 Å². The van der Waals surface area contributed by atoms with Gasteiger partial charge in [0.1, 0.15) is 11.4 Å². The maximum atomic E-state index is 11.1. The smallest absolute Gasteiger partial charge is 0.372 e. The molecule has 0 bridgehead atoms. The number of hydrogen-bond acceptors (Lipinski definition) is 3. The second-order valence-corrected chi connectivity index (χ2v) is 5.33. The van der Waals surface area contributed by atoms with Crippen molar-refractivity contribution >= 4 is 5.97 Å². The number of aromatic carboxylic acids is 1.